The lowest BCUT2D eigenvalue weighted by Gasteiger charge is -2.36. The highest BCUT2D eigenvalue weighted by Crippen LogP contribution is 2.37. The van der Waals surface area contributed by atoms with Crippen molar-refractivity contribution in [3.05, 3.63) is 130 Å². The Morgan fingerprint density at radius 3 is 2.26 bits per heavy atom. The molecule has 1 aromatic heterocycles. The van der Waals surface area contributed by atoms with Gasteiger partial charge in [-0.05, 0) is 60.0 Å². The number of aryl methyl sites for hydroxylation is 1. The maximum atomic E-state index is 13.7. The number of rotatable bonds is 8. The molecule has 4 aromatic rings. The van der Waals surface area contributed by atoms with Crippen LogP contribution in [0.25, 0.3) is 0 Å². The molecule has 0 amide bonds. The van der Waals surface area contributed by atoms with Gasteiger partial charge in [-0.25, -0.2) is 0 Å². The van der Waals surface area contributed by atoms with Gasteiger partial charge in [-0.1, -0.05) is 70.5 Å². The molecule has 0 radical (unpaired) electrons. The van der Waals surface area contributed by atoms with Crippen molar-refractivity contribution in [2.24, 2.45) is 0 Å². The van der Waals surface area contributed by atoms with E-state index in [9.17, 15) is 13.2 Å². The lowest BCUT2D eigenvalue weighted by molar-refractivity contribution is -0.137. The third kappa shape index (κ3) is 6.10. The van der Waals surface area contributed by atoms with E-state index in [1.165, 1.54) is 12.1 Å². The van der Waals surface area contributed by atoms with Gasteiger partial charge in [0, 0.05) is 22.8 Å². The van der Waals surface area contributed by atoms with E-state index in [4.69, 9.17) is 0 Å². The van der Waals surface area contributed by atoms with Gasteiger partial charge in [-0.3, -0.25) is 10.3 Å². The van der Waals surface area contributed by atoms with E-state index in [-0.39, 0.29) is 0 Å². The lowest BCUT2D eigenvalue weighted by Crippen LogP contribution is -2.48. The summed E-state index contributed by atoms with van der Waals surface area (Å²) in [6, 6.07) is 26.7. The van der Waals surface area contributed by atoms with Crippen molar-refractivity contribution in [3.63, 3.8) is 0 Å². The average molecular weight is 540 g/mol. The second-order valence-corrected chi connectivity index (χ2v) is 9.32. The molecule has 7 heteroatoms. The largest absolute Gasteiger partial charge is 0.416 e. The monoisotopic (exact) mass is 539 g/mol. The predicted octanol–water partition coefficient (Wildman–Crippen LogP) is 7.32. The third-order valence-corrected chi connectivity index (χ3v) is 6.34. The van der Waals surface area contributed by atoms with Gasteiger partial charge < -0.3 is 5.32 Å². The number of hydrogen-bond donors (Lipinski definition) is 2. The van der Waals surface area contributed by atoms with Crippen LogP contribution in [0.15, 0.2) is 102 Å². The Kier molecular flexibility index (Phi) is 7.57. The molecule has 3 nitrogen and oxygen atoms in total. The van der Waals surface area contributed by atoms with Crippen molar-refractivity contribution in [2.45, 2.75) is 25.1 Å². The van der Waals surface area contributed by atoms with Crippen LogP contribution < -0.4 is 10.6 Å². The van der Waals surface area contributed by atoms with E-state index < -0.39 is 17.3 Å². The summed E-state index contributed by atoms with van der Waals surface area (Å²) in [5.41, 5.74) is 2.24. The number of alkyl halides is 3. The summed E-state index contributed by atoms with van der Waals surface area (Å²) in [4.78, 5) is 4.68. The summed E-state index contributed by atoms with van der Waals surface area (Å²) in [5, 5.41) is 6.86. The van der Waals surface area contributed by atoms with Gasteiger partial charge in [0.1, 0.15) is 0 Å². The van der Waals surface area contributed by atoms with Crippen molar-refractivity contribution < 1.29 is 13.2 Å². The number of halogens is 4. The molecule has 0 saturated carbocycles. The minimum atomic E-state index is -4.45. The molecule has 1 atom stereocenters. The Hall–Kier alpha value is -3.16. The second-order valence-electron chi connectivity index (χ2n) is 8.41. The molecular formula is C28H25BrF3N3. The van der Waals surface area contributed by atoms with E-state index in [1.54, 1.807) is 12.3 Å². The Morgan fingerprint density at radius 2 is 1.57 bits per heavy atom. The number of benzene rings is 3. The van der Waals surface area contributed by atoms with Crippen molar-refractivity contribution in [2.75, 3.05) is 12.0 Å². The summed E-state index contributed by atoms with van der Waals surface area (Å²) in [6.07, 6.45) is -2.30. The van der Waals surface area contributed by atoms with Gasteiger partial charge in [-0.15, -0.1) is 0 Å². The number of anilines is 1. The molecule has 0 aliphatic rings. The van der Waals surface area contributed by atoms with Gasteiger partial charge in [0.25, 0.3) is 0 Å². The Morgan fingerprint density at radius 1 is 0.829 bits per heavy atom. The van der Waals surface area contributed by atoms with Crippen LogP contribution in [0.2, 0.25) is 0 Å². The van der Waals surface area contributed by atoms with Gasteiger partial charge >= 0.3 is 6.18 Å². The molecule has 0 aliphatic heterocycles. The average Bonchev–Trinajstić information content (AvgIpc) is 2.84. The van der Waals surface area contributed by atoms with Crippen molar-refractivity contribution in [3.8, 4) is 0 Å². The van der Waals surface area contributed by atoms with Crippen LogP contribution in [0.1, 0.15) is 27.9 Å². The molecule has 0 saturated heterocycles. The number of nitrogens with zero attached hydrogens (tertiary/aromatic N) is 1. The molecule has 0 aliphatic carbocycles. The highest BCUT2D eigenvalue weighted by Gasteiger charge is 2.38. The number of nitrogens with one attached hydrogen (secondary N) is 2. The standard InChI is InChI=1S/C28H25BrF3N3/c1-20-13-14-26(33-18-20)27(17-21-7-3-2-4-8-21,22-9-5-10-23(15-22)28(30,31)32)35-19-34-25-12-6-11-24(29)16-25/h2-16,18,34-35H,17,19H2,1H3. The highest BCUT2D eigenvalue weighted by atomic mass is 79.9. The van der Waals surface area contributed by atoms with Crippen molar-refractivity contribution in [1.82, 2.24) is 10.3 Å². The topological polar surface area (TPSA) is 37.0 Å². The Balaban J connectivity index is 1.82. The third-order valence-electron chi connectivity index (χ3n) is 5.85. The first kappa shape index (κ1) is 24.9. The first-order valence-electron chi connectivity index (χ1n) is 11.2. The molecule has 3 aromatic carbocycles. The van der Waals surface area contributed by atoms with Gasteiger partial charge in [0.2, 0.25) is 0 Å². The van der Waals surface area contributed by atoms with E-state index in [2.05, 4.69) is 31.5 Å². The van der Waals surface area contributed by atoms with E-state index >= 15 is 0 Å². The van der Waals surface area contributed by atoms with E-state index in [0.29, 0.717) is 24.3 Å². The van der Waals surface area contributed by atoms with Crippen LogP contribution in [0.5, 0.6) is 0 Å². The minimum Gasteiger partial charge on any atom is -0.372 e. The van der Waals surface area contributed by atoms with Crippen LogP contribution in [-0.2, 0) is 18.1 Å². The Labute approximate surface area is 211 Å². The highest BCUT2D eigenvalue weighted by molar-refractivity contribution is 9.10. The summed E-state index contributed by atoms with van der Waals surface area (Å²) in [5.74, 6) is 0. The molecule has 0 spiro atoms. The Bertz CT molecular complexity index is 1260. The molecule has 1 unspecified atom stereocenters. The molecule has 0 bridgehead atoms. The van der Waals surface area contributed by atoms with Crippen LogP contribution in [0.4, 0.5) is 18.9 Å². The number of hydrogen-bond acceptors (Lipinski definition) is 3. The maximum absolute atomic E-state index is 13.7. The first-order valence-corrected chi connectivity index (χ1v) is 11.9. The molecular weight excluding hydrogens is 515 g/mol. The van der Waals surface area contributed by atoms with Gasteiger partial charge in [0.05, 0.1) is 23.5 Å². The van der Waals surface area contributed by atoms with Crippen molar-refractivity contribution in [1.29, 1.82) is 0 Å². The van der Waals surface area contributed by atoms with Crippen LogP contribution in [-0.4, -0.2) is 11.7 Å². The van der Waals surface area contributed by atoms with Crippen LogP contribution >= 0.6 is 15.9 Å². The summed E-state index contributed by atoms with van der Waals surface area (Å²) in [6.45, 7) is 2.23. The molecule has 35 heavy (non-hydrogen) atoms. The van der Waals surface area contributed by atoms with Crippen LogP contribution in [0.3, 0.4) is 0 Å². The molecule has 0 fully saturated rings. The van der Waals surface area contributed by atoms with Gasteiger partial charge in [-0.2, -0.15) is 13.2 Å². The smallest absolute Gasteiger partial charge is 0.372 e. The fourth-order valence-corrected chi connectivity index (χ4v) is 4.47. The number of pyridine rings is 1. The fraction of sp³-hybridized carbons (Fsp3) is 0.179. The molecule has 1 heterocycles. The SMILES string of the molecule is Cc1ccc(C(Cc2ccccc2)(NCNc2cccc(Br)c2)c2cccc(C(F)(F)F)c2)nc1. The molecule has 2 N–H and O–H groups in total. The summed E-state index contributed by atoms with van der Waals surface area (Å²) >= 11 is 3.47. The summed E-state index contributed by atoms with van der Waals surface area (Å²) < 4.78 is 42.0. The molecule has 4 rings (SSSR count). The van der Waals surface area contributed by atoms with E-state index in [0.717, 1.165) is 27.4 Å². The fourth-order valence-electron chi connectivity index (χ4n) is 4.07. The predicted molar refractivity (Wildman–Crippen MR) is 137 cm³/mol. The molecule has 180 valence electrons. The lowest BCUT2D eigenvalue weighted by atomic mass is 9.80. The zero-order valence-electron chi connectivity index (χ0n) is 19.1. The van der Waals surface area contributed by atoms with Gasteiger partial charge in [0.15, 0.2) is 0 Å². The first-order chi connectivity index (χ1) is 16.8. The zero-order chi connectivity index (χ0) is 24.9. The number of aromatic nitrogens is 1. The summed E-state index contributed by atoms with van der Waals surface area (Å²) in [7, 11) is 0. The second kappa shape index (κ2) is 10.6. The quantitative estimate of drug-likeness (QED) is 0.230. The van der Waals surface area contributed by atoms with E-state index in [1.807, 2.05) is 73.7 Å². The zero-order valence-corrected chi connectivity index (χ0v) is 20.7. The maximum Gasteiger partial charge on any atom is 0.416 e. The minimum absolute atomic E-state index is 0.301. The normalized spacial score (nSPS) is 13.3. The van der Waals surface area contributed by atoms with Crippen LogP contribution in [0, 0.1) is 6.92 Å². The van der Waals surface area contributed by atoms with Crippen molar-refractivity contribution >= 4 is 21.6 Å².